The Morgan fingerprint density at radius 3 is 3.07 bits per heavy atom. The zero-order valence-electron chi connectivity index (χ0n) is 7.77. The van der Waals surface area contributed by atoms with Gasteiger partial charge in [0.1, 0.15) is 12.0 Å². The van der Waals surface area contributed by atoms with Gasteiger partial charge >= 0.3 is 7.48 Å². The molecular formula is C9H8BN2O3. The molecule has 0 aromatic heterocycles. The molecule has 5 nitrogen and oxygen atoms in total. The van der Waals surface area contributed by atoms with Crippen molar-refractivity contribution in [3.8, 4) is 5.75 Å². The Labute approximate surface area is 87.1 Å². The van der Waals surface area contributed by atoms with Crippen LogP contribution in [0.3, 0.4) is 0 Å². The van der Waals surface area contributed by atoms with Crippen molar-refractivity contribution in [3.63, 3.8) is 0 Å². The standard InChI is InChI=1S/C9H8BN2O3/c11-12-9(13)6-1-2-7-8(5-6)14-3-4-15-10-7/h1-5H,11H2,(H,12,13). The quantitative estimate of drug-likeness (QED) is 0.277. The number of benzene rings is 1. The maximum absolute atomic E-state index is 11.2. The molecule has 1 aromatic carbocycles. The first-order valence-corrected chi connectivity index (χ1v) is 4.26. The average Bonchev–Trinajstić information content (AvgIpc) is 2.51. The molecule has 0 bridgehead atoms. The van der Waals surface area contributed by atoms with Crippen molar-refractivity contribution in [3.05, 3.63) is 36.3 Å². The van der Waals surface area contributed by atoms with Crippen LogP contribution in [-0.2, 0) is 4.65 Å². The smallest absolute Gasteiger partial charge is 0.412 e. The lowest BCUT2D eigenvalue weighted by Crippen LogP contribution is -2.30. The van der Waals surface area contributed by atoms with Crippen LogP contribution in [-0.4, -0.2) is 13.4 Å². The molecule has 0 saturated heterocycles. The molecule has 0 atom stereocenters. The van der Waals surface area contributed by atoms with Gasteiger partial charge in [0.15, 0.2) is 0 Å². The van der Waals surface area contributed by atoms with Gasteiger partial charge < -0.3 is 9.39 Å². The van der Waals surface area contributed by atoms with Crippen LogP contribution in [0.1, 0.15) is 10.4 Å². The van der Waals surface area contributed by atoms with Crippen molar-refractivity contribution in [2.24, 2.45) is 5.84 Å². The van der Waals surface area contributed by atoms with Gasteiger partial charge in [-0.25, -0.2) is 5.84 Å². The number of hydrogen-bond donors (Lipinski definition) is 2. The van der Waals surface area contributed by atoms with E-state index in [4.69, 9.17) is 15.2 Å². The molecule has 1 aliphatic heterocycles. The van der Waals surface area contributed by atoms with Crippen LogP contribution < -0.4 is 21.5 Å². The monoisotopic (exact) mass is 203 g/mol. The molecule has 0 spiro atoms. The molecule has 6 heteroatoms. The summed E-state index contributed by atoms with van der Waals surface area (Å²) in [7, 11) is 1.53. The molecule has 2 rings (SSSR count). The Bertz CT molecular complexity index is 420. The van der Waals surface area contributed by atoms with E-state index in [2.05, 4.69) is 0 Å². The number of amides is 1. The SMILES string of the molecule is NNC(=O)c1ccc2c(c1)OC=CO[B]2. The second-order valence-electron chi connectivity index (χ2n) is 2.87. The predicted molar refractivity (Wildman–Crippen MR) is 54.3 cm³/mol. The lowest BCUT2D eigenvalue weighted by molar-refractivity contribution is 0.0953. The van der Waals surface area contributed by atoms with Crippen LogP contribution in [0.25, 0.3) is 0 Å². The van der Waals surface area contributed by atoms with Crippen molar-refractivity contribution in [1.82, 2.24) is 5.43 Å². The molecule has 0 saturated carbocycles. The number of fused-ring (bicyclic) bond motifs is 1. The third kappa shape index (κ3) is 1.94. The number of nitrogens with one attached hydrogen (secondary N) is 1. The molecule has 1 aromatic rings. The van der Waals surface area contributed by atoms with Crippen LogP contribution in [0.4, 0.5) is 0 Å². The maximum Gasteiger partial charge on any atom is 0.412 e. The first-order valence-electron chi connectivity index (χ1n) is 4.26. The molecule has 75 valence electrons. The summed E-state index contributed by atoms with van der Waals surface area (Å²) in [5.74, 6) is 5.21. The van der Waals surface area contributed by atoms with E-state index < -0.39 is 0 Å². The fourth-order valence-electron chi connectivity index (χ4n) is 1.20. The number of ether oxygens (including phenoxy) is 1. The molecule has 1 amide bonds. The van der Waals surface area contributed by atoms with Crippen molar-refractivity contribution in [1.29, 1.82) is 0 Å². The molecule has 1 aliphatic rings. The van der Waals surface area contributed by atoms with Gasteiger partial charge in [-0.2, -0.15) is 0 Å². The van der Waals surface area contributed by atoms with Gasteiger partial charge in [0.05, 0.1) is 6.26 Å². The number of carbonyl (C=O) groups excluding carboxylic acids is 1. The summed E-state index contributed by atoms with van der Waals surface area (Å²) < 4.78 is 10.2. The highest BCUT2D eigenvalue weighted by atomic mass is 16.5. The second-order valence-corrected chi connectivity index (χ2v) is 2.87. The van der Waals surface area contributed by atoms with E-state index in [0.717, 1.165) is 5.46 Å². The van der Waals surface area contributed by atoms with E-state index in [9.17, 15) is 4.79 Å². The van der Waals surface area contributed by atoms with E-state index in [0.29, 0.717) is 11.3 Å². The van der Waals surface area contributed by atoms with Crippen molar-refractivity contribution < 1.29 is 14.2 Å². The van der Waals surface area contributed by atoms with E-state index in [1.807, 2.05) is 5.43 Å². The minimum atomic E-state index is -0.365. The zero-order chi connectivity index (χ0) is 10.7. The first kappa shape index (κ1) is 9.60. The summed E-state index contributed by atoms with van der Waals surface area (Å²) in [4.78, 5) is 11.2. The lowest BCUT2D eigenvalue weighted by Gasteiger charge is -2.06. The first-order chi connectivity index (χ1) is 7.31. The van der Waals surface area contributed by atoms with Crippen LogP contribution >= 0.6 is 0 Å². The highest BCUT2D eigenvalue weighted by Gasteiger charge is 2.12. The molecule has 15 heavy (non-hydrogen) atoms. The Morgan fingerprint density at radius 2 is 2.27 bits per heavy atom. The maximum atomic E-state index is 11.2. The van der Waals surface area contributed by atoms with Crippen LogP contribution in [0.5, 0.6) is 5.75 Å². The molecule has 0 fully saturated rings. The highest BCUT2D eigenvalue weighted by molar-refractivity contribution is 6.48. The largest absolute Gasteiger partial charge is 0.561 e. The molecule has 0 aliphatic carbocycles. The minimum Gasteiger partial charge on any atom is -0.561 e. The Morgan fingerprint density at radius 1 is 1.40 bits per heavy atom. The fourth-order valence-corrected chi connectivity index (χ4v) is 1.20. The number of rotatable bonds is 1. The topological polar surface area (TPSA) is 73.6 Å². The predicted octanol–water partition coefficient (Wildman–Crippen LogP) is -0.585. The molecule has 0 unspecified atom stereocenters. The third-order valence-electron chi connectivity index (χ3n) is 1.93. The number of hydrazine groups is 1. The van der Waals surface area contributed by atoms with E-state index >= 15 is 0 Å². The summed E-state index contributed by atoms with van der Waals surface area (Å²) in [5.41, 5.74) is 3.24. The number of carbonyl (C=O) groups is 1. The summed E-state index contributed by atoms with van der Waals surface area (Å²) >= 11 is 0. The third-order valence-corrected chi connectivity index (χ3v) is 1.93. The van der Waals surface area contributed by atoms with Gasteiger partial charge in [0.25, 0.3) is 5.91 Å². The summed E-state index contributed by atoms with van der Waals surface area (Å²) in [6, 6.07) is 4.94. The molecule has 1 radical (unpaired) electrons. The number of nitrogen functional groups attached to an aromatic ring is 1. The van der Waals surface area contributed by atoms with Crippen LogP contribution in [0.15, 0.2) is 30.7 Å². The van der Waals surface area contributed by atoms with Crippen molar-refractivity contribution in [2.45, 2.75) is 0 Å². The Hall–Kier alpha value is -1.95. The summed E-state index contributed by atoms with van der Waals surface area (Å²) in [5, 5.41) is 0. The van der Waals surface area contributed by atoms with Crippen LogP contribution in [0.2, 0.25) is 0 Å². The van der Waals surface area contributed by atoms with Gasteiger partial charge in [0, 0.05) is 11.0 Å². The summed E-state index contributed by atoms with van der Waals surface area (Å²) in [6.07, 6.45) is 2.80. The number of hydrogen-bond acceptors (Lipinski definition) is 4. The normalized spacial score (nSPS) is 12.6. The Balaban J connectivity index is 2.35. The van der Waals surface area contributed by atoms with Gasteiger partial charge in [-0.1, -0.05) is 6.07 Å². The average molecular weight is 203 g/mol. The van der Waals surface area contributed by atoms with E-state index in [-0.39, 0.29) is 5.91 Å². The fraction of sp³-hybridized carbons (Fsp3) is 0. The van der Waals surface area contributed by atoms with Gasteiger partial charge in [0.2, 0.25) is 0 Å². The van der Waals surface area contributed by atoms with Gasteiger partial charge in [-0.3, -0.25) is 10.2 Å². The van der Waals surface area contributed by atoms with Crippen molar-refractivity contribution in [2.75, 3.05) is 0 Å². The minimum absolute atomic E-state index is 0.365. The molecular weight excluding hydrogens is 195 g/mol. The van der Waals surface area contributed by atoms with E-state index in [1.165, 1.54) is 20.0 Å². The zero-order valence-corrected chi connectivity index (χ0v) is 7.77. The number of nitrogens with two attached hydrogens (primary N) is 1. The van der Waals surface area contributed by atoms with Crippen molar-refractivity contribution >= 4 is 18.9 Å². The van der Waals surface area contributed by atoms with Gasteiger partial charge in [-0.05, 0) is 12.1 Å². The Kier molecular flexibility index (Phi) is 2.60. The highest BCUT2D eigenvalue weighted by Crippen LogP contribution is 2.12. The van der Waals surface area contributed by atoms with E-state index in [1.54, 1.807) is 18.2 Å². The summed E-state index contributed by atoms with van der Waals surface area (Å²) in [6.45, 7) is 0. The van der Waals surface area contributed by atoms with Gasteiger partial charge in [-0.15, -0.1) is 0 Å². The molecule has 3 N–H and O–H groups in total. The lowest BCUT2D eigenvalue weighted by atomic mass is 9.86. The second kappa shape index (κ2) is 4.06. The molecule has 1 heterocycles. The van der Waals surface area contributed by atoms with Crippen LogP contribution in [0, 0.1) is 0 Å².